The van der Waals surface area contributed by atoms with Gasteiger partial charge in [0.25, 0.3) is 0 Å². The third kappa shape index (κ3) is 2.56. The van der Waals surface area contributed by atoms with Gasteiger partial charge in [-0.15, -0.1) is 0 Å². The number of hydrogen-bond acceptors (Lipinski definition) is 2. The van der Waals surface area contributed by atoms with Crippen molar-refractivity contribution >= 4 is 0 Å². The lowest BCUT2D eigenvalue weighted by Crippen LogP contribution is -2.47. The lowest BCUT2D eigenvalue weighted by Gasteiger charge is -2.38. The van der Waals surface area contributed by atoms with Crippen LogP contribution in [0.1, 0.15) is 49.8 Å². The van der Waals surface area contributed by atoms with Gasteiger partial charge in [0.2, 0.25) is 0 Å². The van der Waals surface area contributed by atoms with Crippen molar-refractivity contribution in [3.05, 3.63) is 35.4 Å². The van der Waals surface area contributed by atoms with E-state index in [1.165, 1.54) is 36.8 Å². The molecule has 2 unspecified atom stereocenters. The van der Waals surface area contributed by atoms with Gasteiger partial charge in [-0.2, -0.15) is 0 Å². The predicted molar refractivity (Wildman–Crippen MR) is 80.3 cm³/mol. The molecule has 2 nitrogen and oxygen atoms in total. The standard InChI is InChI=1S/C17H26N2/c1-12-6-4-5-7-17(12)13(2)18-14-10-15-8-9-16(11-14)19(15)3/h4-7,13-16,18H,8-11H2,1-3H3/t13-,14?,15?,16?/m1/s1. The van der Waals surface area contributed by atoms with Crippen molar-refractivity contribution in [2.45, 2.75) is 63.7 Å². The van der Waals surface area contributed by atoms with Crippen LogP contribution in [0.5, 0.6) is 0 Å². The first-order valence-electron chi connectivity index (χ1n) is 7.68. The Bertz CT molecular complexity index is 429. The van der Waals surface area contributed by atoms with E-state index in [2.05, 4.69) is 55.4 Å². The number of nitrogens with one attached hydrogen (secondary N) is 1. The Morgan fingerprint density at radius 1 is 1.16 bits per heavy atom. The quantitative estimate of drug-likeness (QED) is 0.895. The Labute approximate surface area is 117 Å². The summed E-state index contributed by atoms with van der Waals surface area (Å²) in [5, 5.41) is 3.87. The van der Waals surface area contributed by atoms with Crippen molar-refractivity contribution in [3.63, 3.8) is 0 Å². The van der Waals surface area contributed by atoms with Crippen LogP contribution in [0.15, 0.2) is 24.3 Å². The minimum Gasteiger partial charge on any atom is -0.307 e. The molecule has 2 saturated heterocycles. The van der Waals surface area contributed by atoms with E-state index in [1.54, 1.807) is 0 Å². The first-order chi connectivity index (χ1) is 9.15. The average molecular weight is 258 g/mol. The minimum atomic E-state index is 0.467. The highest BCUT2D eigenvalue weighted by Gasteiger charge is 2.38. The maximum atomic E-state index is 3.87. The van der Waals surface area contributed by atoms with E-state index in [9.17, 15) is 0 Å². The molecule has 2 fully saturated rings. The lowest BCUT2D eigenvalue weighted by atomic mass is 9.95. The van der Waals surface area contributed by atoms with Gasteiger partial charge in [-0.1, -0.05) is 24.3 Å². The second-order valence-electron chi connectivity index (χ2n) is 6.46. The first-order valence-corrected chi connectivity index (χ1v) is 7.68. The van der Waals surface area contributed by atoms with E-state index in [0.717, 1.165) is 12.1 Å². The predicted octanol–water partition coefficient (Wildman–Crippen LogP) is 3.27. The molecule has 1 N–H and O–H groups in total. The smallest absolute Gasteiger partial charge is 0.0296 e. The summed E-state index contributed by atoms with van der Waals surface area (Å²) in [5.74, 6) is 0. The highest BCUT2D eigenvalue weighted by Crippen LogP contribution is 2.35. The van der Waals surface area contributed by atoms with Crippen molar-refractivity contribution < 1.29 is 0 Å². The summed E-state index contributed by atoms with van der Waals surface area (Å²) >= 11 is 0. The van der Waals surface area contributed by atoms with Crippen LogP contribution in [0.25, 0.3) is 0 Å². The molecule has 1 aromatic carbocycles. The second-order valence-corrected chi connectivity index (χ2v) is 6.46. The molecule has 0 aliphatic carbocycles. The molecule has 0 radical (unpaired) electrons. The number of rotatable bonds is 3. The number of fused-ring (bicyclic) bond motifs is 2. The molecule has 0 amide bonds. The van der Waals surface area contributed by atoms with Gasteiger partial charge in [0, 0.05) is 24.2 Å². The Kier molecular flexibility index (Phi) is 3.64. The number of hydrogen-bond donors (Lipinski definition) is 1. The van der Waals surface area contributed by atoms with Crippen LogP contribution in [-0.2, 0) is 0 Å². The number of aryl methyl sites for hydroxylation is 1. The van der Waals surface area contributed by atoms with Gasteiger partial charge in [-0.25, -0.2) is 0 Å². The van der Waals surface area contributed by atoms with Crippen molar-refractivity contribution in [1.29, 1.82) is 0 Å². The molecular formula is C17H26N2. The van der Waals surface area contributed by atoms with Gasteiger partial charge in [-0.3, -0.25) is 0 Å². The molecule has 0 aromatic heterocycles. The van der Waals surface area contributed by atoms with Crippen molar-refractivity contribution in [2.24, 2.45) is 0 Å². The van der Waals surface area contributed by atoms with E-state index in [1.807, 2.05) is 0 Å². The summed E-state index contributed by atoms with van der Waals surface area (Å²) in [4.78, 5) is 2.61. The van der Waals surface area contributed by atoms with E-state index in [-0.39, 0.29) is 0 Å². The van der Waals surface area contributed by atoms with Crippen LogP contribution < -0.4 is 5.32 Å². The average Bonchev–Trinajstić information content (AvgIpc) is 2.63. The summed E-state index contributed by atoms with van der Waals surface area (Å²) in [7, 11) is 2.31. The molecular weight excluding hydrogens is 232 g/mol. The zero-order chi connectivity index (χ0) is 13.4. The largest absolute Gasteiger partial charge is 0.307 e. The van der Waals surface area contributed by atoms with Gasteiger partial charge in [0.15, 0.2) is 0 Å². The molecule has 3 atom stereocenters. The molecule has 1 aromatic rings. The number of piperidine rings is 1. The van der Waals surface area contributed by atoms with Crippen LogP contribution in [-0.4, -0.2) is 30.1 Å². The van der Waals surface area contributed by atoms with E-state index in [4.69, 9.17) is 0 Å². The van der Waals surface area contributed by atoms with Crippen molar-refractivity contribution in [2.75, 3.05) is 7.05 Å². The summed E-state index contributed by atoms with van der Waals surface area (Å²) in [6.45, 7) is 4.52. The summed E-state index contributed by atoms with van der Waals surface area (Å²) in [5.41, 5.74) is 2.85. The normalized spacial score (nSPS) is 32.5. The Morgan fingerprint density at radius 2 is 1.79 bits per heavy atom. The molecule has 0 spiro atoms. The van der Waals surface area contributed by atoms with Crippen LogP contribution in [0.2, 0.25) is 0 Å². The first kappa shape index (κ1) is 13.1. The lowest BCUT2D eigenvalue weighted by molar-refractivity contribution is 0.144. The maximum absolute atomic E-state index is 3.87. The fraction of sp³-hybridized carbons (Fsp3) is 0.647. The number of benzene rings is 1. The summed E-state index contributed by atoms with van der Waals surface area (Å²) < 4.78 is 0. The number of nitrogens with zero attached hydrogens (tertiary/aromatic N) is 1. The zero-order valence-electron chi connectivity index (χ0n) is 12.4. The van der Waals surface area contributed by atoms with Gasteiger partial charge >= 0.3 is 0 Å². The van der Waals surface area contributed by atoms with Crippen molar-refractivity contribution in [3.8, 4) is 0 Å². The highest BCUT2D eigenvalue weighted by atomic mass is 15.2. The third-order valence-electron chi connectivity index (χ3n) is 5.24. The van der Waals surface area contributed by atoms with E-state index in [0.29, 0.717) is 12.1 Å². The molecule has 2 aliphatic rings. The zero-order valence-corrected chi connectivity index (χ0v) is 12.4. The Balaban J connectivity index is 1.65. The molecule has 19 heavy (non-hydrogen) atoms. The molecule has 2 heteroatoms. The van der Waals surface area contributed by atoms with E-state index < -0.39 is 0 Å². The molecule has 3 rings (SSSR count). The monoisotopic (exact) mass is 258 g/mol. The van der Waals surface area contributed by atoms with Gasteiger partial charge in [0.1, 0.15) is 0 Å². The SMILES string of the molecule is Cc1ccccc1[C@@H](C)NC1CC2CCC(C1)N2C. The fourth-order valence-electron chi connectivity index (χ4n) is 4.06. The third-order valence-corrected chi connectivity index (χ3v) is 5.24. The Morgan fingerprint density at radius 3 is 2.42 bits per heavy atom. The van der Waals surface area contributed by atoms with Gasteiger partial charge in [-0.05, 0) is 57.7 Å². The van der Waals surface area contributed by atoms with Crippen LogP contribution in [0, 0.1) is 6.92 Å². The second kappa shape index (κ2) is 5.26. The van der Waals surface area contributed by atoms with Gasteiger partial charge in [0.05, 0.1) is 0 Å². The molecule has 2 heterocycles. The maximum Gasteiger partial charge on any atom is 0.0296 e. The fourth-order valence-corrected chi connectivity index (χ4v) is 4.06. The van der Waals surface area contributed by atoms with Crippen molar-refractivity contribution in [1.82, 2.24) is 10.2 Å². The molecule has 104 valence electrons. The molecule has 2 bridgehead atoms. The van der Waals surface area contributed by atoms with Crippen LogP contribution in [0.3, 0.4) is 0 Å². The minimum absolute atomic E-state index is 0.467. The summed E-state index contributed by atoms with van der Waals surface area (Å²) in [6.07, 6.45) is 5.45. The van der Waals surface area contributed by atoms with Crippen LogP contribution >= 0.6 is 0 Å². The highest BCUT2D eigenvalue weighted by molar-refractivity contribution is 5.28. The topological polar surface area (TPSA) is 15.3 Å². The molecule has 0 saturated carbocycles. The molecule has 2 aliphatic heterocycles. The Hall–Kier alpha value is -0.860. The van der Waals surface area contributed by atoms with Crippen LogP contribution in [0.4, 0.5) is 0 Å². The van der Waals surface area contributed by atoms with E-state index >= 15 is 0 Å². The van der Waals surface area contributed by atoms with Gasteiger partial charge < -0.3 is 10.2 Å². The summed E-state index contributed by atoms with van der Waals surface area (Å²) in [6, 6.07) is 11.6.